The molecule has 5 N–H and O–H groups in total. The van der Waals surface area contributed by atoms with Crippen molar-refractivity contribution < 1.29 is 33.0 Å². The molecule has 1 fully saturated rings. The lowest BCUT2D eigenvalue weighted by atomic mass is 10.1. The van der Waals surface area contributed by atoms with Crippen molar-refractivity contribution in [2.75, 3.05) is 12.3 Å². The standard InChI is InChI=1S/C24H26FN4O7PS/c25-20-21(30)18(38-22(20)29-12-11-19(26)27-24(29)33)14-35-37(34,36-16-9-5-2-6-10-16)28-17(23(31)32)13-15-7-3-1-4-8-15/h1-12,17-18,20-22,30H,13-14H2,(H,28,34)(H,31,32)(H2,26,27,33)/t17?,18-,20+,21-,22-,37?/m1/s1. The molecule has 2 heterocycles. The number of hydrogen-bond donors (Lipinski definition) is 4. The molecular formula is C24H26FN4O7PS. The summed E-state index contributed by atoms with van der Waals surface area (Å²) in [6.07, 6.45) is -2.20. The van der Waals surface area contributed by atoms with E-state index in [9.17, 15) is 28.8 Å². The molecule has 4 rings (SSSR count). The van der Waals surface area contributed by atoms with Gasteiger partial charge in [-0.3, -0.25) is 13.9 Å². The highest BCUT2D eigenvalue weighted by molar-refractivity contribution is 8.00. The van der Waals surface area contributed by atoms with E-state index < -0.39 is 55.0 Å². The molecule has 0 spiro atoms. The second kappa shape index (κ2) is 12.1. The smallest absolute Gasteiger partial charge is 0.459 e. The minimum absolute atomic E-state index is 0.0237. The molecule has 2 aromatic carbocycles. The number of aliphatic hydroxyl groups excluding tert-OH is 1. The Bertz CT molecular complexity index is 1350. The summed E-state index contributed by atoms with van der Waals surface area (Å²) in [4.78, 5) is 27.8. The summed E-state index contributed by atoms with van der Waals surface area (Å²) < 4.78 is 40.9. The van der Waals surface area contributed by atoms with Crippen molar-refractivity contribution in [3.8, 4) is 5.75 Å². The van der Waals surface area contributed by atoms with E-state index >= 15 is 0 Å². The topological polar surface area (TPSA) is 166 Å². The van der Waals surface area contributed by atoms with Gasteiger partial charge in [0.25, 0.3) is 0 Å². The van der Waals surface area contributed by atoms with Crippen molar-refractivity contribution >= 4 is 31.3 Å². The van der Waals surface area contributed by atoms with Gasteiger partial charge >= 0.3 is 19.4 Å². The summed E-state index contributed by atoms with van der Waals surface area (Å²) in [6.45, 7) is -0.477. The first-order valence-electron chi connectivity index (χ1n) is 11.5. The largest absolute Gasteiger partial charge is 0.480 e. The van der Waals surface area contributed by atoms with Gasteiger partial charge in [0.2, 0.25) is 0 Å². The van der Waals surface area contributed by atoms with E-state index in [0.717, 1.165) is 16.3 Å². The monoisotopic (exact) mass is 564 g/mol. The van der Waals surface area contributed by atoms with E-state index in [1.807, 2.05) is 0 Å². The summed E-state index contributed by atoms with van der Waals surface area (Å²) in [5.41, 5.74) is 5.38. The number of carboxylic acid groups (broad SMARTS) is 1. The van der Waals surface area contributed by atoms with Gasteiger partial charge in [-0.05, 0) is 30.2 Å². The maximum atomic E-state index is 15.0. The number of carboxylic acids is 1. The van der Waals surface area contributed by atoms with Gasteiger partial charge in [-0.1, -0.05) is 48.5 Å². The van der Waals surface area contributed by atoms with Crippen molar-refractivity contribution in [1.82, 2.24) is 14.6 Å². The molecule has 1 saturated heterocycles. The molecule has 0 bridgehead atoms. The number of nitrogens with two attached hydrogens (primary N) is 1. The normalized spacial score (nSPS) is 23.4. The number of para-hydroxylation sites is 1. The first-order valence-corrected chi connectivity index (χ1v) is 14.0. The van der Waals surface area contributed by atoms with Gasteiger partial charge in [-0.25, -0.2) is 13.8 Å². The summed E-state index contributed by atoms with van der Waals surface area (Å²) in [5.74, 6) is -1.17. The first-order chi connectivity index (χ1) is 18.1. The summed E-state index contributed by atoms with van der Waals surface area (Å²) in [5, 5.41) is 20.7. The Labute approximate surface area is 221 Å². The number of thioether (sulfide) groups is 1. The van der Waals surface area contributed by atoms with E-state index in [4.69, 9.17) is 14.8 Å². The van der Waals surface area contributed by atoms with E-state index in [1.165, 1.54) is 24.4 Å². The van der Waals surface area contributed by atoms with Gasteiger partial charge in [0.15, 0.2) is 6.17 Å². The lowest BCUT2D eigenvalue weighted by molar-refractivity contribution is -0.139. The molecule has 0 amide bonds. The Balaban J connectivity index is 1.53. The fraction of sp³-hybridized carbons (Fsp3) is 0.292. The van der Waals surface area contributed by atoms with Crippen LogP contribution in [0, 0.1) is 0 Å². The van der Waals surface area contributed by atoms with Crippen LogP contribution in [-0.4, -0.2) is 55.9 Å². The van der Waals surface area contributed by atoms with Gasteiger partial charge in [-0.15, -0.1) is 11.8 Å². The molecule has 6 atom stereocenters. The van der Waals surface area contributed by atoms with Crippen LogP contribution in [0.15, 0.2) is 77.7 Å². The van der Waals surface area contributed by atoms with Gasteiger partial charge < -0.3 is 20.5 Å². The number of alkyl halides is 1. The second-order valence-electron chi connectivity index (χ2n) is 8.45. The number of anilines is 1. The number of hydrogen-bond acceptors (Lipinski definition) is 9. The average Bonchev–Trinajstić information content (AvgIpc) is 3.17. The molecule has 14 heteroatoms. The van der Waals surface area contributed by atoms with Gasteiger partial charge in [0.1, 0.15) is 29.1 Å². The minimum atomic E-state index is -4.37. The fourth-order valence-corrected chi connectivity index (χ4v) is 6.83. The Hall–Kier alpha value is -3.22. The van der Waals surface area contributed by atoms with Crippen molar-refractivity contribution in [2.45, 2.75) is 35.4 Å². The number of nitrogens with zero attached hydrogens (tertiary/aromatic N) is 2. The molecule has 3 aromatic rings. The number of nitrogens with one attached hydrogen (secondary N) is 1. The third kappa shape index (κ3) is 6.80. The molecule has 1 aliphatic heterocycles. The number of rotatable bonds is 11. The Morgan fingerprint density at radius 3 is 2.47 bits per heavy atom. The molecular weight excluding hydrogens is 538 g/mol. The quantitative estimate of drug-likeness (QED) is 0.253. The van der Waals surface area contributed by atoms with Crippen LogP contribution in [0.3, 0.4) is 0 Å². The highest BCUT2D eigenvalue weighted by Crippen LogP contribution is 2.49. The Morgan fingerprint density at radius 2 is 1.84 bits per heavy atom. The molecule has 1 aliphatic rings. The van der Waals surface area contributed by atoms with E-state index in [1.54, 1.807) is 48.5 Å². The molecule has 202 valence electrons. The molecule has 2 unspecified atom stereocenters. The van der Waals surface area contributed by atoms with Crippen molar-refractivity contribution in [3.63, 3.8) is 0 Å². The lowest BCUT2D eigenvalue weighted by Crippen LogP contribution is -2.39. The zero-order chi connectivity index (χ0) is 27.3. The summed E-state index contributed by atoms with van der Waals surface area (Å²) >= 11 is 0.886. The number of carbonyl (C=O) groups is 1. The van der Waals surface area contributed by atoms with E-state index in [0.29, 0.717) is 5.56 Å². The van der Waals surface area contributed by atoms with E-state index in [-0.39, 0.29) is 18.0 Å². The highest BCUT2D eigenvalue weighted by Gasteiger charge is 2.46. The fourth-order valence-electron chi connectivity index (χ4n) is 3.80. The SMILES string of the molecule is Nc1ccn([C@@H]2S[C@H](COP(=O)(NC(Cc3ccccc3)C(=O)O)Oc3ccccc3)[C@@H](O)[C@@H]2F)c(=O)n1. The predicted molar refractivity (Wildman–Crippen MR) is 140 cm³/mol. The molecule has 0 saturated carbocycles. The van der Waals surface area contributed by atoms with Crippen LogP contribution in [0.1, 0.15) is 10.9 Å². The maximum absolute atomic E-state index is 15.0. The number of aromatic nitrogens is 2. The van der Waals surface area contributed by atoms with Gasteiger partial charge in [-0.2, -0.15) is 10.1 Å². The van der Waals surface area contributed by atoms with Crippen LogP contribution < -0.4 is 21.0 Å². The van der Waals surface area contributed by atoms with Crippen molar-refractivity contribution in [2.24, 2.45) is 0 Å². The Kier molecular flexibility index (Phi) is 8.85. The van der Waals surface area contributed by atoms with Gasteiger partial charge in [0, 0.05) is 6.20 Å². The van der Waals surface area contributed by atoms with Gasteiger partial charge in [0.05, 0.1) is 11.9 Å². The number of nitrogen functional groups attached to an aromatic ring is 1. The average molecular weight is 565 g/mol. The summed E-state index contributed by atoms with van der Waals surface area (Å²) in [6, 6.07) is 16.7. The number of aliphatic hydroxyl groups is 1. The molecule has 38 heavy (non-hydrogen) atoms. The maximum Gasteiger partial charge on any atom is 0.459 e. The third-order valence-electron chi connectivity index (χ3n) is 5.69. The van der Waals surface area contributed by atoms with E-state index in [2.05, 4.69) is 10.1 Å². The second-order valence-corrected chi connectivity index (χ2v) is 11.5. The van der Waals surface area contributed by atoms with Crippen LogP contribution in [0.25, 0.3) is 0 Å². The molecule has 11 nitrogen and oxygen atoms in total. The number of benzene rings is 2. The van der Waals surface area contributed by atoms with Crippen molar-refractivity contribution in [1.29, 1.82) is 0 Å². The first kappa shape index (κ1) is 27.8. The number of aliphatic carboxylic acids is 1. The minimum Gasteiger partial charge on any atom is -0.480 e. The zero-order valence-corrected chi connectivity index (χ0v) is 21.6. The predicted octanol–water partition coefficient (Wildman–Crippen LogP) is 2.63. The third-order valence-corrected chi connectivity index (χ3v) is 8.79. The van der Waals surface area contributed by atoms with Crippen molar-refractivity contribution in [3.05, 3.63) is 89.0 Å². The van der Waals surface area contributed by atoms with Crippen LogP contribution in [-0.2, 0) is 20.3 Å². The van der Waals surface area contributed by atoms with Crippen LogP contribution in [0.5, 0.6) is 5.75 Å². The molecule has 1 aromatic heterocycles. The number of halogens is 1. The molecule has 0 radical (unpaired) electrons. The zero-order valence-electron chi connectivity index (χ0n) is 19.9. The Morgan fingerprint density at radius 1 is 1.18 bits per heavy atom. The highest BCUT2D eigenvalue weighted by atomic mass is 32.2. The van der Waals surface area contributed by atoms with Crippen LogP contribution in [0.2, 0.25) is 0 Å². The molecule has 0 aliphatic carbocycles. The summed E-state index contributed by atoms with van der Waals surface area (Å²) in [7, 11) is -4.37. The lowest BCUT2D eigenvalue weighted by Gasteiger charge is -2.25. The van der Waals surface area contributed by atoms with Crippen LogP contribution >= 0.6 is 19.5 Å². The van der Waals surface area contributed by atoms with Crippen LogP contribution in [0.4, 0.5) is 10.2 Å².